The second kappa shape index (κ2) is 10.2. The highest BCUT2D eigenvalue weighted by Gasteiger charge is 2.15. The number of ether oxygens (including phenoxy) is 2. The Balaban J connectivity index is 1.56. The number of halogens is 2. The first kappa shape index (κ1) is 22.4. The fourth-order valence-electron chi connectivity index (χ4n) is 3.53. The van der Waals surface area contributed by atoms with Crippen LogP contribution in [-0.2, 0) is 11.3 Å². The number of carbonyl (C=O) groups is 1. The predicted molar refractivity (Wildman–Crippen MR) is 119 cm³/mol. The van der Waals surface area contributed by atoms with Crippen LogP contribution in [0.2, 0.25) is 0 Å². The fraction of sp³-hybridized carbons (Fsp3) is 0.261. The Kier molecular flexibility index (Phi) is 6.94. The number of hydrogen-bond donors (Lipinski definition) is 2. The Morgan fingerprint density at radius 1 is 1.12 bits per heavy atom. The molecule has 0 bridgehead atoms. The first-order valence-electron chi connectivity index (χ1n) is 10.4. The molecule has 1 fully saturated rings. The Labute approximate surface area is 189 Å². The molecule has 0 atom stereocenters. The predicted octanol–water partition coefficient (Wildman–Crippen LogP) is 3.29. The average Bonchev–Trinajstić information content (AvgIpc) is 2.83. The summed E-state index contributed by atoms with van der Waals surface area (Å²) in [5.74, 6) is 0.0775. The standard InChI is InChI=1S/C23H23F2N5O3/c24-22(25)33-20-4-2-1-3-16(20)12-27-19-11-15(5-6-18(19)21(26)31)17-13-28-23(29-14-17)30-7-9-32-10-8-30/h1-6,11,13-14,22,27H,7-10,12H2,(H2,26,31). The number of nitrogens with two attached hydrogens (primary N) is 1. The minimum Gasteiger partial charge on any atom is -0.434 e. The van der Waals surface area contributed by atoms with E-state index in [1.54, 1.807) is 48.8 Å². The van der Waals surface area contributed by atoms with E-state index in [4.69, 9.17) is 10.5 Å². The van der Waals surface area contributed by atoms with Crippen molar-refractivity contribution in [3.63, 3.8) is 0 Å². The third kappa shape index (κ3) is 5.53. The maximum Gasteiger partial charge on any atom is 0.387 e. The molecule has 0 radical (unpaired) electrons. The molecule has 0 saturated carbocycles. The molecule has 10 heteroatoms. The smallest absolute Gasteiger partial charge is 0.387 e. The molecule has 1 saturated heterocycles. The largest absolute Gasteiger partial charge is 0.434 e. The molecule has 2 aromatic carbocycles. The average molecular weight is 455 g/mol. The lowest BCUT2D eigenvalue weighted by Crippen LogP contribution is -2.37. The molecule has 3 N–H and O–H groups in total. The Morgan fingerprint density at radius 3 is 2.55 bits per heavy atom. The van der Waals surface area contributed by atoms with Crippen LogP contribution in [0.25, 0.3) is 11.1 Å². The van der Waals surface area contributed by atoms with Crippen molar-refractivity contribution in [1.82, 2.24) is 9.97 Å². The van der Waals surface area contributed by atoms with E-state index in [2.05, 4.69) is 24.9 Å². The highest BCUT2D eigenvalue weighted by Crippen LogP contribution is 2.28. The van der Waals surface area contributed by atoms with E-state index in [1.165, 1.54) is 6.07 Å². The van der Waals surface area contributed by atoms with Crippen molar-refractivity contribution < 1.29 is 23.0 Å². The number of nitrogens with zero attached hydrogens (tertiary/aromatic N) is 3. The fourth-order valence-corrected chi connectivity index (χ4v) is 3.53. The number of rotatable bonds is 8. The molecule has 0 unspecified atom stereocenters. The van der Waals surface area contributed by atoms with Crippen LogP contribution in [-0.4, -0.2) is 48.8 Å². The van der Waals surface area contributed by atoms with Gasteiger partial charge in [-0.05, 0) is 23.8 Å². The third-order valence-corrected chi connectivity index (χ3v) is 5.21. The molecule has 172 valence electrons. The van der Waals surface area contributed by atoms with Gasteiger partial charge in [0.05, 0.1) is 18.8 Å². The molecular formula is C23H23F2N5O3. The van der Waals surface area contributed by atoms with Gasteiger partial charge < -0.3 is 25.4 Å². The number of nitrogens with one attached hydrogen (secondary N) is 1. The molecular weight excluding hydrogens is 432 g/mol. The molecule has 1 amide bonds. The van der Waals surface area contributed by atoms with Crippen LogP contribution < -0.4 is 20.7 Å². The van der Waals surface area contributed by atoms with Gasteiger partial charge in [0, 0.05) is 48.8 Å². The maximum atomic E-state index is 12.7. The molecule has 1 aliphatic heterocycles. The number of primary amides is 1. The van der Waals surface area contributed by atoms with E-state index in [9.17, 15) is 13.6 Å². The summed E-state index contributed by atoms with van der Waals surface area (Å²) < 4.78 is 35.3. The number of hydrogen-bond acceptors (Lipinski definition) is 7. The van der Waals surface area contributed by atoms with E-state index in [1.807, 2.05) is 0 Å². The number of anilines is 2. The molecule has 3 aromatic rings. The second-order valence-corrected chi connectivity index (χ2v) is 7.34. The molecule has 0 aliphatic carbocycles. The molecule has 1 aromatic heterocycles. The first-order chi connectivity index (χ1) is 16.0. The van der Waals surface area contributed by atoms with Gasteiger partial charge in [0.15, 0.2) is 0 Å². The number of amides is 1. The normalized spacial score (nSPS) is 13.7. The molecule has 0 spiro atoms. The van der Waals surface area contributed by atoms with Gasteiger partial charge in [0.1, 0.15) is 5.75 Å². The van der Waals surface area contributed by atoms with Gasteiger partial charge in [-0.15, -0.1) is 0 Å². The van der Waals surface area contributed by atoms with Crippen LogP contribution in [0.1, 0.15) is 15.9 Å². The number of morpholine rings is 1. The van der Waals surface area contributed by atoms with Gasteiger partial charge >= 0.3 is 6.61 Å². The first-order valence-corrected chi connectivity index (χ1v) is 10.4. The molecule has 2 heterocycles. The summed E-state index contributed by atoms with van der Waals surface area (Å²) >= 11 is 0. The Morgan fingerprint density at radius 2 is 1.85 bits per heavy atom. The zero-order valence-corrected chi connectivity index (χ0v) is 17.7. The van der Waals surface area contributed by atoms with Crippen molar-refractivity contribution in [2.24, 2.45) is 5.73 Å². The van der Waals surface area contributed by atoms with E-state index in [-0.39, 0.29) is 17.9 Å². The lowest BCUT2D eigenvalue weighted by molar-refractivity contribution is -0.0504. The molecule has 1 aliphatic rings. The maximum absolute atomic E-state index is 12.7. The number of benzene rings is 2. The van der Waals surface area contributed by atoms with Gasteiger partial charge in [-0.1, -0.05) is 24.3 Å². The summed E-state index contributed by atoms with van der Waals surface area (Å²) in [5, 5.41) is 3.11. The summed E-state index contributed by atoms with van der Waals surface area (Å²) in [6.07, 6.45) is 3.43. The lowest BCUT2D eigenvalue weighted by Gasteiger charge is -2.26. The minimum absolute atomic E-state index is 0.0591. The SMILES string of the molecule is NC(=O)c1ccc(-c2cnc(N3CCOCC3)nc2)cc1NCc1ccccc1OC(F)F. The van der Waals surface area contributed by atoms with Gasteiger partial charge in [-0.3, -0.25) is 4.79 Å². The zero-order valence-electron chi connectivity index (χ0n) is 17.7. The van der Waals surface area contributed by atoms with E-state index < -0.39 is 12.5 Å². The van der Waals surface area contributed by atoms with Crippen molar-refractivity contribution in [1.29, 1.82) is 0 Å². The van der Waals surface area contributed by atoms with Crippen LogP contribution in [0, 0.1) is 0 Å². The van der Waals surface area contributed by atoms with Crippen molar-refractivity contribution in [3.05, 3.63) is 66.0 Å². The molecule has 8 nitrogen and oxygen atoms in total. The molecule has 33 heavy (non-hydrogen) atoms. The summed E-state index contributed by atoms with van der Waals surface area (Å²) in [7, 11) is 0. The van der Waals surface area contributed by atoms with Gasteiger partial charge in [0.2, 0.25) is 5.95 Å². The topological polar surface area (TPSA) is 103 Å². The summed E-state index contributed by atoms with van der Waals surface area (Å²) in [4.78, 5) is 22.9. The van der Waals surface area contributed by atoms with E-state index in [0.717, 1.165) is 24.2 Å². The van der Waals surface area contributed by atoms with Gasteiger partial charge in [-0.2, -0.15) is 8.78 Å². The van der Waals surface area contributed by atoms with Crippen molar-refractivity contribution in [2.75, 3.05) is 36.5 Å². The van der Waals surface area contributed by atoms with Gasteiger partial charge in [-0.25, -0.2) is 9.97 Å². The van der Waals surface area contributed by atoms with Crippen molar-refractivity contribution in [3.8, 4) is 16.9 Å². The number of para-hydroxylation sites is 1. The van der Waals surface area contributed by atoms with Crippen LogP contribution in [0.4, 0.5) is 20.4 Å². The Bertz CT molecular complexity index is 1110. The number of carbonyl (C=O) groups excluding carboxylic acids is 1. The summed E-state index contributed by atoms with van der Waals surface area (Å²) in [6, 6.07) is 11.6. The highest BCUT2D eigenvalue weighted by atomic mass is 19.3. The quantitative estimate of drug-likeness (QED) is 0.537. The van der Waals surface area contributed by atoms with Crippen LogP contribution in [0.3, 0.4) is 0 Å². The summed E-state index contributed by atoms with van der Waals surface area (Å²) in [5.41, 5.74) is 8.30. The third-order valence-electron chi connectivity index (χ3n) is 5.21. The monoisotopic (exact) mass is 455 g/mol. The molecule has 4 rings (SSSR count). The summed E-state index contributed by atoms with van der Waals surface area (Å²) in [6.45, 7) is -0.0369. The van der Waals surface area contributed by atoms with Crippen molar-refractivity contribution in [2.45, 2.75) is 13.2 Å². The van der Waals surface area contributed by atoms with Gasteiger partial charge in [0.25, 0.3) is 5.91 Å². The van der Waals surface area contributed by atoms with Crippen LogP contribution in [0.15, 0.2) is 54.9 Å². The number of alkyl halides is 2. The highest BCUT2D eigenvalue weighted by molar-refractivity contribution is 5.99. The number of aromatic nitrogens is 2. The van der Waals surface area contributed by atoms with Crippen LogP contribution in [0.5, 0.6) is 5.75 Å². The van der Waals surface area contributed by atoms with Crippen molar-refractivity contribution >= 4 is 17.5 Å². The van der Waals surface area contributed by atoms with E-state index >= 15 is 0 Å². The lowest BCUT2D eigenvalue weighted by atomic mass is 10.0. The minimum atomic E-state index is -2.93. The second-order valence-electron chi connectivity index (χ2n) is 7.34. The zero-order chi connectivity index (χ0) is 23.2. The Hall–Kier alpha value is -3.79. The van der Waals surface area contributed by atoms with Crippen LogP contribution >= 0.6 is 0 Å². The van der Waals surface area contributed by atoms with E-state index in [0.29, 0.717) is 30.4 Å².